The maximum Gasteiger partial charge on any atom is 0.0459 e. The lowest BCUT2D eigenvalue weighted by Gasteiger charge is -2.26. The predicted octanol–water partition coefficient (Wildman–Crippen LogP) is 3.08. The standard InChI is InChI=1S/C13H21ClN2/c1-4-10(2)16(3)12-6-5-11(7-8-15)13(14)9-12/h5-6,9-10H,4,7-8,15H2,1-3H3. The zero-order chi connectivity index (χ0) is 12.1. The summed E-state index contributed by atoms with van der Waals surface area (Å²) in [5.74, 6) is 0. The van der Waals surface area contributed by atoms with E-state index < -0.39 is 0 Å². The van der Waals surface area contributed by atoms with E-state index in [0.717, 1.165) is 23.4 Å². The van der Waals surface area contributed by atoms with Crippen LogP contribution in [0.15, 0.2) is 18.2 Å². The van der Waals surface area contributed by atoms with Gasteiger partial charge in [0.1, 0.15) is 0 Å². The van der Waals surface area contributed by atoms with Crippen LogP contribution in [-0.4, -0.2) is 19.6 Å². The third-order valence-electron chi connectivity index (χ3n) is 3.11. The van der Waals surface area contributed by atoms with Crippen molar-refractivity contribution in [1.82, 2.24) is 0 Å². The number of rotatable bonds is 5. The van der Waals surface area contributed by atoms with Gasteiger partial charge >= 0.3 is 0 Å². The summed E-state index contributed by atoms with van der Waals surface area (Å²) >= 11 is 6.22. The fraction of sp³-hybridized carbons (Fsp3) is 0.538. The van der Waals surface area contributed by atoms with Gasteiger partial charge in [-0.3, -0.25) is 0 Å². The number of halogens is 1. The van der Waals surface area contributed by atoms with Crippen LogP contribution in [0, 0.1) is 0 Å². The van der Waals surface area contributed by atoms with E-state index in [2.05, 4.69) is 37.9 Å². The van der Waals surface area contributed by atoms with Crippen molar-refractivity contribution < 1.29 is 0 Å². The molecular weight excluding hydrogens is 220 g/mol. The molecule has 0 spiro atoms. The van der Waals surface area contributed by atoms with E-state index in [9.17, 15) is 0 Å². The van der Waals surface area contributed by atoms with Gasteiger partial charge in [0.2, 0.25) is 0 Å². The number of nitrogens with two attached hydrogens (primary N) is 1. The molecule has 16 heavy (non-hydrogen) atoms. The van der Waals surface area contributed by atoms with Gasteiger partial charge in [-0.25, -0.2) is 0 Å². The second-order valence-corrected chi connectivity index (χ2v) is 4.59. The van der Waals surface area contributed by atoms with Gasteiger partial charge < -0.3 is 10.6 Å². The molecular formula is C13H21ClN2. The lowest BCUT2D eigenvalue weighted by atomic mass is 10.1. The van der Waals surface area contributed by atoms with Crippen molar-refractivity contribution in [3.05, 3.63) is 28.8 Å². The SMILES string of the molecule is CCC(C)N(C)c1ccc(CCN)c(Cl)c1. The molecule has 2 nitrogen and oxygen atoms in total. The lowest BCUT2D eigenvalue weighted by Crippen LogP contribution is -2.27. The molecule has 0 radical (unpaired) electrons. The molecule has 2 N–H and O–H groups in total. The second-order valence-electron chi connectivity index (χ2n) is 4.18. The van der Waals surface area contributed by atoms with Crippen molar-refractivity contribution in [3.8, 4) is 0 Å². The molecule has 1 aromatic carbocycles. The summed E-state index contributed by atoms with van der Waals surface area (Å²) in [6, 6.07) is 6.74. The first kappa shape index (κ1) is 13.3. The monoisotopic (exact) mass is 240 g/mol. The van der Waals surface area contributed by atoms with Crippen LogP contribution in [0.3, 0.4) is 0 Å². The molecule has 1 aromatic rings. The zero-order valence-corrected chi connectivity index (χ0v) is 11.1. The van der Waals surface area contributed by atoms with Gasteiger partial charge in [-0.05, 0) is 44.0 Å². The highest BCUT2D eigenvalue weighted by molar-refractivity contribution is 6.31. The largest absolute Gasteiger partial charge is 0.372 e. The Labute approximate surface area is 103 Å². The van der Waals surface area contributed by atoms with Crippen molar-refractivity contribution in [2.24, 2.45) is 5.73 Å². The van der Waals surface area contributed by atoms with Gasteiger partial charge in [0.15, 0.2) is 0 Å². The van der Waals surface area contributed by atoms with Crippen LogP contribution in [0.25, 0.3) is 0 Å². The molecule has 90 valence electrons. The Kier molecular flexibility index (Phi) is 5.10. The fourth-order valence-electron chi connectivity index (χ4n) is 1.64. The van der Waals surface area contributed by atoms with Crippen LogP contribution in [0.4, 0.5) is 5.69 Å². The van der Waals surface area contributed by atoms with E-state index >= 15 is 0 Å². The maximum atomic E-state index is 6.22. The molecule has 0 amide bonds. The van der Waals surface area contributed by atoms with Crippen LogP contribution in [0.2, 0.25) is 5.02 Å². The van der Waals surface area contributed by atoms with Gasteiger partial charge in [0, 0.05) is 23.8 Å². The van der Waals surface area contributed by atoms with Crippen LogP contribution in [-0.2, 0) is 6.42 Å². The second kappa shape index (κ2) is 6.12. The average Bonchev–Trinajstić information content (AvgIpc) is 2.30. The normalized spacial score (nSPS) is 12.6. The quantitative estimate of drug-likeness (QED) is 0.857. The Morgan fingerprint density at radius 2 is 2.12 bits per heavy atom. The molecule has 0 bridgehead atoms. The summed E-state index contributed by atoms with van der Waals surface area (Å²) in [5.41, 5.74) is 7.82. The van der Waals surface area contributed by atoms with Crippen LogP contribution >= 0.6 is 11.6 Å². The van der Waals surface area contributed by atoms with E-state index in [1.165, 1.54) is 5.69 Å². The molecule has 0 heterocycles. The number of nitrogens with zero attached hydrogens (tertiary/aromatic N) is 1. The topological polar surface area (TPSA) is 29.3 Å². The molecule has 1 unspecified atom stereocenters. The Balaban J connectivity index is 2.87. The summed E-state index contributed by atoms with van der Waals surface area (Å²) < 4.78 is 0. The number of benzene rings is 1. The summed E-state index contributed by atoms with van der Waals surface area (Å²) in [6.45, 7) is 5.04. The van der Waals surface area contributed by atoms with Crippen LogP contribution in [0.1, 0.15) is 25.8 Å². The summed E-state index contributed by atoms with van der Waals surface area (Å²) in [4.78, 5) is 2.25. The number of hydrogen-bond acceptors (Lipinski definition) is 2. The van der Waals surface area contributed by atoms with Crippen molar-refractivity contribution in [2.45, 2.75) is 32.7 Å². The minimum atomic E-state index is 0.524. The number of anilines is 1. The first-order valence-electron chi connectivity index (χ1n) is 5.81. The molecule has 0 saturated heterocycles. The van der Waals surface area contributed by atoms with Gasteiger partial charge in [-0.1, -0.05) is 24.6 Å². The summed E-state index contributed by atoms with van der Waals surface area (Å²) in [5, 5.41) is 0.818. The number of hydrogen-bond donors (Lipinski definition) is 1. The van der Waals surface area contributed by atoms with E-state index in [4.69, 9.17) is 17.3 Å². The van der Waals surface area contributed by atoms with Crippen molar-refractivity contribution in [3.63, 3.8) is 0 Å². The first-order valence-corrected chi connectivity index (χ1v) is 6.19. The lowest BCUT2D eigenvalue weighted by molar-refractivity contribution is 0.664. The van der Waals surface area contributed by atoms with E-state index in [-0.39, 0.29) is 0 Å². The van der Waals surface area contributed by atoms with Crippen molar-refractivity contribution in [2.75, 3.05) is 18.5 Å². The first-order chi connectivity index (χ1) is 7.60. The maximum absolute atomic E-state index is 6.22. The highest BCUT2D eigenvalue weighted by atomic mass is 35.5. The van der Waals surface area contributed by atoms with E-state index in [1.807, 2.05) is 6.07 Å². The van der Waals surface area contributed by atoms with E-state index in [0.29, 0.717) is 12.6 Å². The smallest absolute Gasteiger partial charge is 0.0459 e. The minimum absolute atomic E-state index is 0.524. The van der Waals surface area contributed by atoms with Crippen LogP contribution in [0.5, 0.6) is 0 Å². The third kappa shape index (κ3) is 3.13. The molecule has 0 aliphatic rings. The van der Waals surface area contributed by atoms with Gasteiger partial charge in [0.25, 0.3) is 0 Å². The summed E-state index contributed by atoms with van der Waals surface area (Å²) in [6.07, 6.45) is 1.96. The molecule has 0 aromatic heterocycles. The highest BCUT2D eigenvalue weighted by Gasteiger charge is 2.09. The fourth-order valence-corrected chi connectivity index (χ4v) is 1.91. The third-order valence-corrected chi connectivity index (χ3v) is 3.46. The van der Waals surface area contributed by atoms with E-state index in [1.54, 1.807) is 0 Å². The Morgan fingerprint density at radius 3 is 2.62 bits per heavy atom. The Bertz CT molecular complexity index is 339. The van der Waals surface area contributed by atoms with Crippen molar-refractivity contribution >= 4 is 17.3 Å². The van der Waals surface area contributed by atoms with Gasteiger partial charge in [-0.2, -0.15) is 0 Å². The average molecular weight is 241 g/mol. The molecule has 0 aliphatic carbocycles. The zero-order valence-electron chi connectivity index (χ0n) is 10.3. The predicted molar refractivity (Wildman–Crippen MR) is 72.4 cm³/mol. The van der Waals surface area contributed by atoms with Gasteiger partial charge in [0.05, 0.1) is 0 Å². The molecule has 1 rings (SSSR count). The molecule has 0 saturated carbocycles. The van der Waals surface area contributed by atoms with Crippen LogP contribution < -0.4 is 10.6 Å². The molecule has 0 aliphatic heterocycles. The molecule has 0 fully saturated rings. The van der Waals surface area contributed by atoms with Crippen molar-refractivity contribution in [1.29, 1.82) is 0 Å². The Hall–Kier alpha value is -0.730. The highest BCUT2D eigenvalue weighted by Crippen LogP contribution is 2.24. The minimum Gasteiger partial charge on any atom is -0.372 e. The Morgan fingerprint density at radius 1 is 1.44 bits per heavy atom. The molecule has 1 atom stereocenters. The molecule has 3 heteroatoms. The van der Waals surface area contributed by atoms with Gasteiger partial charge in [-0.15, -0.1) is 0 Å². The summed E-state index contributed by atoms with van der Waals surface area (Å²) in [7, 11) is 2.10.